The lowest BCUT2D eigenvalue weighted by atomic mass is 10.3. The lowest BCUT2D eigenvalue weighted by molar-refractivity contribution is -0.140. The number of amides is 2. The molecular weight excluding hydrogens is 378 g/mol. The van der Waals surface area contributed by atoms with E-state index in [1.54, 1.807) is 12.1 Å². The molecule has 27 heavy (non-hydrogen) atoms. The van der Waals surface area contributed by atoms with Crippen molar-refractivity contribution in [1.29, 1.82) is 0 Å². The first-order valence-electron chi connectivity index (χ1n) is 8.34. The van der Waals surface area contributed by atoms with Crippen LogP contribution in [0.1, 0.15) is 6.42 Å². The van der Waals surface area contributed by atoms with Crippen LogP contribution in [-0.4, -0.2) is 75.8 Å². The van der Waals surface area contributed by atoms with Crippen molar-refractivity contribution in [1.82, 2.24) is 14.9 Å². The summed E-state index contributed by atoms with van der Waals surface area (Å²) in [7, 11) is -2.37. The molecule has 0 radical (unpaired) electrons. The van der Waals surface area contributed by atoms with Crippen LogP contribution in [0.25, 0.3) is 0 Å². The third-order valence-corrected chi connectivity index (χ3v) is 5.76. The summed E-state index contributed by atoms with van der Waals surface area (Å²) in [6.45, 7) is 0.0427. The Hall–Kier alpha value is -2.21. The number of benzene rings is 1. The van der Waals surface area contributed by atoms with Crippen molar-refractivity contribution in [3.63, 3.8) is 0 Å². The normalized spacial score (nSPS) is 17.9. The van der Waals surface area contributed by atoms with Crippen molar-refractivity contribution in [2.75, 3.05) is 40.0 Å². The number of carbonyl (C=O) groups is 2. The quantitative estimate of drug-likeness (QED) is 0.481. The van der Waals surface area contributed by atoms with Gasteiger partial charge in [-0.3, -0.25) is 9.59 Å². The summed E-state index contributed by atoms with van der Waals surface area (Å²) in [5.74, 6) is -1.31. The van der Waals surface area contributed by atoms with E-state index >= 15 is 0 Å². The van der Waals surface area contributed by atoms with Gasteiger partial charge < -0.3 is 25.2 Å². The molecular formula is C16H23N3O7S. The molecule has 10 nitrogen and oxygen atoms in total. The number of nitrogens with one attached hydrogen (secondary N) is 2. The minimum absolute atomic E-state index is 0.0514. The summed E-state index contributed by atoms with van der Waals surface area (Å²) in [6, 6.07) is 5.95. The Morgan fingerprint density at radius 2 is 1.93 bits per heavy atom. The summed E-state index contributed by atoms with van der Waals surface area (Å²) in [5, 5.41) is 13.2. The van der Waals surface area contributed by atoms with Crippen LogP contribution in [0.15, 0.2) is 29.2 Å². The van der Waals surface area contributed by atoms with E-state index in [1.807, 2.05) is 0 Å². The number of ether oxygens (including phenoxy) is 2. The molecule has 0 bridgehead atoms. The molecule has 0 saturated carbocycles. The molecule has 1 atom stereocenters. The topological polar surface area (TPSA) is 134 Å². The van der Waals surface area contributed by atoms with Crippen molar-refractivity contribution in [3.05, 3.63) is 24.3 Å². The van der Waals surface area contributed by atoms with Gasteiger partial charge in [-0.25, -0.2) is 8.42 Å². The Morgan fingerprint density at radius 3 is 2.56 bits per heavy atom. The molecule has 0 unspecified atom stereocenters. The van der Waals surface area contributed by atoms with Gasteiger partial charge in [0.25, 0.3) is 0 Å². The summed E-state index contributed by atoms with van der Waals surface area (Å²) in [6.07, 6.45) is -0.419. The first-order chi connectivity index (χ1) is 12.9. The zero-order valence-corrected chi connectivity index (χ0v) is 15.7. The van der Waals surface area contributed by atoms with E-state index in [0.717, 1.165) is 4.31 Å². The molecule has 1 aromatic rings. The SMILES string of the molecule is COc1ccc(S(=O)(=O)N2CCCO[C@@H]2CNC(=O)C(=O)NCCO)cc1. The zero-order valence-electron chi connectivity index (χ0n) is 14.9. The van der Waals surface area contributed by atoms with E-state index in [1.165, 1.54) is 19.2 Å². The van der Waals surface area contributed by atoms with Gasteiger partial charge in [-0.2, -0.15) is 4.31 Å². The first kappa shape index (κ1) is 21.1. The first-order valence-corrected chi connectivity index (χ1v) is 9.78. The van der Waals surface area contributed by atoms with E-state index < -0.39 is 28.1 Å². The number of hydrogen-bond donors (Lipinski definition) is 3. The van der Waals surface area contributed by atoms with Gasteiger partial charge in [-0.05, 0) is 30.7 Å². The number of aliphatic hydroxyl groups excluding tert-OH is 1. The van der Waals surface area contributed by atoms with Crippen LogP contribution >= 0.6 is 0 Å². The second-order valence-electron chi connectivity index (χ2n) is 5.66. The highest BCUT2D eigenvalue weighted by atomic mass is 32.2. The minimum atomic E-state index is -3.85. The Balaban J connectivity index is 2.07. The average molecular weight is 401 g/mol. The lowest BCUT2D eigenvalue weighted by Gasteiger charge is -2.34. The number of hydrogen-bond acceptors (Lipinski definition) is 7. The van der Waals surface area contributed by atoms with Crippen molar-refractivity contribution < 1.29 is 32.6 Å². The molecule has 1 aliphatic rings. The second kappa shape index (κ2) is 9.65. The van der Waals surface area contributed by atoms with Gasteiger partial charge >= 0.3 is 11.8 Å². The van der Waals surface area contributed by atoms with Crippen molar-refractivity contribution in [2.45, 2.75) is 17.5 Å². The molecule has 0 spiro atoms. The number of methoxy groups -OCH3 is 1. The van der Waals surface area contributed by atoms with Gasteiger partial charge in [0.15, 0.2) is 0 Å². The fraction of sp³-hybridized carbons (Fsp3) is 0.500. The summed E-state index contributed by atoms with van der Waals surface area (Å²) in [5.41, 5.74) is 0. The molecule has 1 saturated heterocycles. The van der Waals surface area contributed by atoms with Gasteiger partial charge in [0.2, 0.25) is 10.0 Å². The van der Waals surface area contributed by atoms with Gasteiger partial charge in [0.1, 0.15) is 12.0 Å². The van der Waals surface area contributed by atoms with Gasteiger partial charge in [-0.15, -0.1) is 0 Å². The van der Waals surface area contributed by atoms with Gasteiger partial charge in [0, 0.05) is 13.1 Å². The van der Waals surface area contributed by atoms with E-state index in [9.17, 15) is 18.0 Å². The summed E-state index contributed by atoms with van der Waals surface area (Å²) >= 11 is 0. The fourth-order valence-corrected chi connectivity index (χ4v) is 4.06. The highest BCUT2D eigenvalue weighted by Gasteiger charge is 2.34. The average Bonchev–Trinajstić information content (AvgIpc) is 2.70. The highest BCUT2D eigenvalue weighted by molar-refractivity contribution is 7.89. The van der Waals surface area contributed by atoms with Crippen LogP contribution in [0.4, 0.5) is 0 Å². The molecule has 1 aromatic carbocycles. The maximum atomic E-state index is 12.9. The molecule has 2 rings (SSSR count). The number of sulfonamides is 1. The number of rotatable bonds is 7. The lowest BCUT2D eigenvalue weighted by Crippen LogP contribution is -2.53. The third kappa shape index (κ3) is 5.39. The van der Waals surface area contributed by atoms with Crippen molar-refractivity contribution in [3.8, 4) is 5.75 Å². The van der Waals surface area contributed by atoms with Crippen LogP contribution in [0.2, 0.25) is 0 Å². The summed E-state index contributed by atoms with van der Waals surface area (Å²) < 4.78 is 37.5. The Labute approximate surface area is 157 Å². The third-order valence-electron chi connectivity index (χ3n) is 3.86. The maximum absolute atomic E-state index is 12.9. The molecule has 150 valence electrons. The van der Waals surface area contributed by atoms with E-state index in [-0.39, 0.29) is 31.1 Å². The predicted molar refractivity (Wildman–Crippen MR) is 94.3 cm³/mol. The van der Waals surface area contributed by atoms with Crippen molar-refractivity contribution >= 4 is 21.8 Å². The number of carbonyl (C=O) groups excluding carboxylic acids is 2. The largest absolute Gasteiger partial charge is 0.497 e. The van der Waals surface area contributed by atoms with E-state index in [4.69, 9.17) is 14.6 Å². The second-order valence-corrected chi connectivity index (χ2v) is 7.55. The molecule has 1 heterocycles. The highest BCUT2D eigenvalue weighted by Crippen LogP contribution is 2.23. The molecule has 0 aromatic heterocycles. The smallest absolute Gasteiger partial charge is 0.309 e. The minimum Gasteiger partial charge on any atom is -0.497 e. The Morgan fingerprint density at radius 1 is 1.26 bits per heavy atom. The van der Waals surface area contributed by atoms with Crippen LogP contribution in [-0.2, 0) is 24.3 Å². The van der Waals surface area contributed by atoms with Gasteiger partial charge in [-0.1, -0.05) is 0 Å². The van der Waals surface area contributed by atoms with Crippen LogP contribution < -0.4 is 15.4 Å². The zero-order chi connectivity index (χ0) is 19.9. The Kier molecular flexibility index (Phi) is 7.54. The van der Waals surface area contributed by atoms with Crippen molar-refractivity contribution in [2.24, 2.45) is 0 Å². The predicted octanol–water partition coefficient (Wildman–Crippen LogP) is -1.34. The van der Waals surface area contributed by atoms with E-state index in [2.05, 4.69) is 10.6 Å². The maximum Gasteiger partial charge on any atom is 0.309 e. The number of aliphatic hydroxyl groups is 1. The standard InChI is InChI=1S/C16H23N3O7S/c1-25-12-3-5-13(6-4-12)27(23,24)19-8-2-10-26-14(19)11-18-16(22)15(21)17-7-9-20/h3-6,14,20H,2,7-11H2,1H3,(H,17,21)(H,18,22)/t14-/m1/s1. The molecule has 2 amide bonds. The molecule has 3 N–H and O–H groups in total. The molecule has 11 heteroatoms. The number of nitrogens with zero attached hydrogens (tertiary/aromatic N) is 1. The van der Waals surface area contributed by atoms with Crippen LogP contribution in [0.3, 0.4) is 0 Å². The van der Waals surface area contributed by atoms with Crippen LogP contribution in [0.5, 0.6) is 5.75 Å². The fourth-order valence-electron chi connectivity index (χ4n) is 2.50. The molecule has 1 aliphatic heterocycles. The van der Waals surface area contributed by atoms with Crippen LogP contribution in [0, 0.1) is 0 Å². The summed E-state index contributed by atoms with van der Waals surface area (Å²) in [4.78, 5) is 23.3. The Bertz CT molecular complexity index is 752. The van der Waals surface area contributed by atoms with Gasteiger partial charge in [0.05, 0.1) is 31.8 Å². The molecule has 0 aliphatic carbocycles. The van der Waals surface area contributed by atoms with E-state index in [0.29, 0.717) is 18.8 Å². The molecule has 1 fully saturated rings. The monoisotopic (exact) mass is 401 g/mol.